The molecule has 0 saturated heterocycles. The number of carbonyl (C=O) groups is 1. The van der Waals surface area contributed by atoms with Gasteiger partial charge < -0.3 is 15.4 Å². The van der Waals surface area contributed by atoms with E-state index in [1.54, 1.807) is 13.2 Å². The molecule has 1 saturated carbocycles. The predicted molar refractivity (Wildman–Crippen MR) is 122 cm³/mol. The Kier molecular flexibility index (Phi) is 9.64. The van der Waals surface area contributed by atoms with Crippen molar-refractivity contribution in [1.29, 1.82) is 0 Å². The molecule has 7 nitrogen and oxygen atoms in total. The molecule has 1 heterocycles. The van der Waals surface area contributed by atoms with Crippen molar-refractivity contribution in [2.75, 3.05) is 25.5 Å². The molecule has 4 N–H and O–H groups in total. The molecule has 3 rings (SSSR count). The van der Waals surface area contributed by atoms with E-state index in [1.165, 1.54) is 18.0 Å². The van der Waals surface area contributed by atoms with Crippen molar-refractivity contribution >= 4 is 29.9 Å². The Balaban J connectivity index is 1.39. The van der Waals surface area contributed by atoms with E-state index in [0.717, 1.165) is 75.0 Å². The first-order chi connectivity index (χ1) is 15.2. The largest absolute Gasteiger partial charge is 0.381 e. The van der Waals surface area contributed by atoms with Crippen molar-refractivity contribution in [3.05, 3.63) is 35.8 Å². The Morgan fingerprint density at radius 2 is 2.06 bits per heavy atom. The number of H-pyrrole nitrogens is 1. The Labute approximate surface area is 187 Å². The van der Waals surface area contributed by atoms with Gasteiger partial charge in [-0.1, -0.05) is 12.8 Å². The number of nitrogens with zero attached hydrogens (tertiary/aromatic N) is 1. The van der Waals surface area contributed by atoms with Gasteiger partial charge in [0.25, 0.3) is 0 Å². The zero-order chi connectivity index (χ0) is 21.9. The van der Waals surface area contributed by atoms with Gasteiger partial charge in [0.1, 0.15) is 5.82 Å². The molecule has 9 heteroatoms. The van der Waals surface area contributed by atoms with E-state index in [9.17, 15) is 9.18 Å². The monoisotopic (exact) mass is 449 g/mol. The van der Waals surface area contributed by atoms with Crippen molar-refractivity contribution in [3.8, 4) is 0 Å². The maximum Gasteiger partial charge on any atom is 0.207 e. The maximum absolute atomic E-state index is 14.5. The summed E-state index contributed by atoms with van der Waals surface area (Å²) in [5, 5.41) is 13.1. The third-order valence-electron chi connectivity index (χ3n) is 5.58. The van der Waals surface area contributed by atoms with Crippen LogP contribution >= 0.6 is 11.9 Å². The Morgan fingerprint density at radius 1 is 1.23 bits per heavy atom. The number of amides is 1. The molecule has 31 heavy (non-hydrogen) atoms. The topological polar surface area (TPSA) is 91.1 Å². The average molecular weight is 450 g/mol. The van der Waals surface area contributed by atoms with Crippen molar-refractivity contribution in [3.63, 3.8) is 0 Å². The van der Waals surface area contributed by atoms with Crippen LogP contribution in [0.1, 0.15) is 56.6 Å². The molecular weight excluding hydrogens is 417 g/mol. The molecule has 1 amide bonds. The number of aromatic amines is 1. The van der Waals surface area contributed by atoms with Crippen molar-refractivity contribution in [2.45, 2.75) is 61.9 Å². The summed E-state index contributed by atoms with van der Waals surface area (Å²) < 4.78 is 23.2. The normalized spacial score (nSPS) is 18.3. The van der Waals surface area contributed by atoms with Crippen LogP contribution in [-0.4, -0.2) is 42.9 Å². The van der Waals surface area contributed by atoms with E-state index in [2.05, 4.69) is 25.6 Å². The Bertz CT molecular complexity index is 819. The molecule has 1 aromatic heterocycles. The highest BCUT2D eigenvalue weighted by Gasteiger charge is 2.27. The van der Waals surface area contributed by atoms with Gasteiger partial charge in [0, 0.05) is 42.8 Å². The minimum Gasteiger partial charge on any atom is -0.381 e. The summed E-state index contributed by atoms with van der Waals surface area (Å²) in [5.41, 5.74) is 1.48. The Hall–Kier alpha value is -2.10. The maximum atomic E-state index is 14.5. The van der Waals surface area contributed by atoms with Gasteiger partial charge in [0.2, 0.25) is 6.41 Å². The highest BCUT2D eigenvalue weighted by molar-refractivity contribution is 7.97. The summed E-state index contributed by atoms with van der Waals surface area (Å²) >= 11 is 1.43. The zero-order valence-corrected chi connectivity index (χ0v) is 18.8. The van der Waals surface area contributed by atoms with Crippen LogP contribution < -0.4 is 15.4 Å². The van der Waals surface area contributed by atoms with Crippen LogP contribution in [0, 0.1) is 5.82 Å². The van der Waals surface area contributed by atoms with Crippen LogP contribution in [0.15, 0.2) is 29.2 Å². The molecule has 2 unspecified atom stereocenters. The van der Waals surface area contributed by atoms with Gasteiger partial charge in [-0.2, -0.15) is 5.10 Å². The third-order valence-corrected chi connectivity index (χ3v) is 6.42. The summed E-state index contributed by atoms with van der Waals surface area (Å²) in [5.74, 6) is 0.728. The number of rotatable bonds is 14. The first kappa shape index (κ1) is 23.6. The molecule has 1 aromatic carbocycles. The second-order valence-corrected chi connectivity index (χ2v) is 8.79. The van der Waals surface area contributed by atoms with Crippen LogP contribution in [0.3, 0.4) is 0 Å². The first-order valence-corrected chi connectivity index (χ1v) is 11.7. The van der Waals surface area contributed by atoms with E-state index in [1.807, 2.05) is 12.1 Å². The number of unbranched alkanes of at least 4 members (excludes halogenated alkanes) is 3. The lowest BCUT2D eigenvalue weighted by molar-refractivity contribution is -0.109. The number of carbonyl (C=O) groups excluding carboxylic acids is 1. The number of anilines is 2. The minimum absolute atomic E-state index is 0.306. The van der Waals surface area contributed by atoms with E-state index in [-0.39, 0.29) is 5.82 Å². The molecule has 0 bridgehead atoms. The highest BCUT2D eigenvalue weighted by Crippen LogP contribution is 2.36. The van der Waals surface area contributed by atoms with E-state index in [4.69, 9.17) is 4.74 Å². The van der Waals surface area contributed by atoms with Crippen molar-refractivity contribution < 1.29 is 13.9 Å². The van der Waals surface area contributed by atoms with Gasteiger partial charge in [0.15, 0.2) is 5.82 Å². The number of hydrogen-bond acceptors (Lipinski definition) is 6. The van der Waals surface area contributed by atoms with Crippen LogP contribution in [0.4, 0.5) is 15.9 Å². The molecule has 1 aliphatic rings. The van der Waals surface area contributed by atoms with Crippen LogP contribution in [0.5, 0.6) is 0 Å². The number of benzene rings is 1. The molecule has 0 radical (unpaired) electrons. The predicted octanol–water partition coefficient (Wildman–Crippen LogP) is 4.48. The average Bonchev–Trinajstić information content (AvgIpc) is 3.44. The van der Waals surface area contributed by atoms with Crippen LogP contribution in [0.2, 0.25) is 0 Å². The highest BCUT2D eigenvalue weighted by atomic mass is 32.2. The molecule has 0 spiro atoms. The van der Waals surface area contributed by atoms with Gasteiger partial charge in [-0.05, 0) is 62.3 Å². The summed E-state index contributed by atoms with van der Waals surface area (Å²) in [7, 11) is 1.76. The fourth-order valence-electron chi connectivity index (χ4n) is 3.82. The van der Waals surface area contributed by atoms with Gasteiger partial charge >= 0.3 is 0 Å². The molecular formula is C22H32FN5O2S. The number of nitrogens with one attached hydrogen (secondary N) is 4. The third kappa shape index (κ3) is 7.52. The lowest BCUT2D eigenvalue weighted by Crippen LogP contribution is -2.12. The standard InChI is InChI=1S/C22H32FN5O2S/c1-30-17-7-6-16(12-17)21-14-22(28-27-21)26-20-9-8-18(13-19(20)23)31-25-11-5-3-2-4-10-24-15-29/h8-9,13-17,25H,2-7,10-12H2,1H3,(H,24,29)(H2,26,27,28). The van der Waals surface area contributed by atoms with Crippen molar-refractivity contribution in [2.24, 2.45) is 0 Å². The van der Waals surface area contributed by atoms with Gasteiger partial charge in [-0.25, -0.2) is 4.39 Å². The smallest absolute Gasteiger partial charge is 0.207 e. The molecule has 1 aliphatic carbocycles. The van der Waals surface area contributed by atoms with Crippen LogP contribution in [0.25, 0.3) is 0 Å². The molecule has 2 atom stereocenters. The number of halogens is 1. The summed E-state index contributed by atoms with van der Waals surface area (Å²) in [4.78, 5) is 11.0. The SMILES string of the molecule is COC1CCC(c2cc(Nc3ccc(SNCCCCCCNC=O)cc3F)n[nH]2)C1. The summed E-state index contributed by atoms with van der Waals surface area (Å²) in [6, 6.07) is 7.12. The molecule has 0 aliphatic heterocycles. The van der Waals surface area contributed by atoms with Crippen molar-refractivity contribution in [1.82, 2.24) is 20.2 Å². The fraction of sp³-hybridized carbons (Fsp3) is 0.545. The fourth-order valence-corrected chi connectivity index (χ4v) is 4.53. The molecule has 2 aromatic rings. The summed E-state index contributed by atoms with van der Waals surface area (Å²) in [6.07, 6.45) is 8.40. The number of methoxy groups -OCH3 is 1. The Morgan fingerprint density at radius 3 is 2.81 bits per heavy atom. The minimum atomic E-state index is -0.306. The number of ether oxygens (including phenoxy) is 1. The van der Waals surface area contributed by atoms with E-state index >= 15 is 0 Å². The number of aromatic nitrogens is 2. The lowest BCUT2D eigenvalue weighted by atomic mass is 10.0. The zero-order valence-electron chi connectivity index (χ0n) is 18.0. The second-order valence-electron chi connectivity index (χ2n) is 7.83. The lowest BCUT2D eigenvalue weighted by Gasteiger charge is -2.08. The first-order valence-electron chi connectivity index (χ1n) is 10.9. The quantitative estimate of drug-likeness (QED) is 0.193. The summed E-state index contributed by atoms with van der Waals surface area (Å²) in [6.45, 7) is 1.59. The van der Waals surface area contributed by atoms with E-state index in [0.29, 0.717) is 23.5 Å². The van der Waals surface area contributed by atoms with Gasteiger partial charge in [0.05, 0.1) is 11.8 Å². The van der Waals surface area contributed by atoms with E-state index < -0.39 is 0 Å². The second kappa shape index (κ2) is 12.7. The van der Waals surface area contributed by atoms with Crippen LogP contribution in [-0.2, 0) is 9.53 Å². The molecule has 1 fully saturated rings. The van der Waals surface area contributed by atoms with Gasteiger partial charge in [-0.15, -0.1) is 0 Å². The number of hydrogen-bond donors (Lipinski definition) is 4. The van der Waals surface area contributed by atoms with Gasteiger partial charge in [-0.3, -0.25) is 14.6 Å². The molecule has 170 valence electrons.